The largest absolute Gasteiger partial charge is 0.434 e. The summed E-state index contributed by atoms with van der Waals surface area (Å²) in [6.07, 6.45) is 7.76. The molecule has 2 aliphatic heterocycles. The third kappa shape index (κ3) is 3.37. The van der Waals surface area contributed by atoms with Crippen molar-refractivity contribution < 1.29 is 14.3 Å². The number of hydrogen-bond donors (Lipinski definition) is 2. The number of nitrogens with one attached hydrogen (secondary N) is 1. The van der Waals surface area contributed by atoms with Crippen LogP contribution in [0.4, 0.5) is 17.2 Å². The minimum Gasteiger partial charge on any atom is -0.434 e. The molecule has 0 bridgehead atoms. The number of amides is 1. The molecule has 1 saturated heterocycles. The zero-order valence-corrected chi connectivity index (χ0v) is 19.2. The van der Waals surface area contributed by atoms with Crippen LogP contribution >= 0.6 is 0 Å². The molecule has 1 saturated carbocycles. The summed E-state index contributed by atoms with van der Waals surface area (Å²) in [5.41, 5.74) is 11.1. The molecule has 2 fully saturated rings. The summed E-state index contributed by atoms with van der Waals surface area (Å²) < 4.78 is 7.55. The number of aryl methyl sites for hydroxylation is 2. The van der Waals surface area contributed by atoms with Crippen LogP contribution in [0.5, 0.6) is 0 Å². The van der Waals surface area contributed by atoms with Crippen LogP contribution in [-0.2, 0) is 20.7 Å². The number of imidazole rings is 1. The van der Waals surface area contributed by atoms with Gasteiger partial charge < -0.3 is 25.1 Å². The Bertz CT molecular complexity index is 1330. The molecule has 3 aromatic rings. The first-order chi connectivity index (χ1) is 16.3. The molecule has 5 heterocycles. The van der Waals surface area contributed by atoms with Gasteiger partial charge in [-0.2, -0.15) is 0 Å². The van der Waals surface area contributed by atoms with Crippen LogP contribution in [0.3, 0.4) is 0 Å². The lowest BCUT2D eigenvalue weighted by atomic mass is 10.1. The third-order valence-electron chi connectivity index (χ3n) is 7.07. The predicted octanol–water partition coefficient (Wildman–Crippen LogP) is 1.34. The number of pyridine rings is 2. The van der Waals surface area contributed by atoms with Crippen LogP contribution in [0, 0.1) is 13.8 Å². The van der Waals surface area contributed by atoms with Crippen molar-refractivity contribution in [3.8, 4) is 0 Å². The number of nitrogens with zero attached hydrogens (tertiary/aromatic N) is 5. The van der Waals surface area contributed by atoms with Crippen molar-refractivity contribution in [1.29, 1.82) is 0 Å². The van der Waals surface area contributed by atoms with Gasteiger partial charge in [0, 0.05) is 61.4 Å². The maximum Gasteiger partial charge on any atom is 0.398 e. The summed E-state index contributed by atoms with van der Waals surface area (Å²) in [5.74, 6) is -1.44. The second-order valence-electron chi connectivity index (χ2n) is 9.55. The van der Waals surface area contributed by atoms with E-state index < -0.39 is 18.1 Å². The highest BCUT2D eigenvalue weighted by Crippen LogP contribution is 2.45. The van der Waals surface area contributed by atoms with Crippen LogP contribution in [0.25, 0.3) is 5.65 Å². The van der Waals surface area contributed by atoms with E-state index in [9.17, 15) is 9.59 Å². The Morgan fingerprint density at radius 1 is 1.24 bits per heavy atom. The van der Waals surface area contributed by atoms with E-state index in [1.807, 2.05) is 47.7 Å². The Morgan fingerprint density at radius 2 is 2.06 bits per heavy atom. The zero-order valence-electron chi connectivity index (χ0n) is 19.2. The molecular formula is C24H27N7O3. The number of nitrogens with two attached hydrogens (primary N) is 1. The van der Waals surface area contributed by atoms with Gasteiger partial charge in [0.1, 0.15) is 11.5 Å². The Morgan fingerprint density at radius 3 is 2.82 bits per heavy atom. The average Bonchev–Trinajstić information content (AvgIpc) is 3.28. The number of carbonyl (C=O) groups is 2. The van der Waals surface area contributed by atoms with Gasteiger partial charge in [-0.05, 0) is 44.4 Å². The normalized spacial score (nSPS) is 20.6. The number of primary amides is 1. The molecule has 3 N–H and O–H groups in total. The number of ether oxygens (including phenoxy) is 1. The maximum absolute atomic E-state index is 12.2. The highest BCUT2D eigenvalue weighted by Gasteiger charge is 2.46. The van der Waals surface area contributed by atoms with Crippen molar-refractivity contribution in [1.82, 2.24) is 19.7 Å². The molecule has 3 aromatic heterocycles. The zero-order chi connectivity index (χ0) is 23.6. The van der Waals surface area contributed by atoms with E-state index >= 15 is 0 Å². The topological polar surface area (TPSA) is 118 Å². The number of carbonyl (C=O) groups excluding carboxylic acids is 2. The monoisotopic (exact) mass is 461 g/mol. The van der Waals surface area contributed by atoms with Crippen molar-refractivity contribution in [2.45, 2.75) is 44.9 Å². The first-order valence-corrected chi connectivity index (χ1v) is 11.6. The SMILES string of the molecule is Cc1cn2cc(N3c4nccc(N5CCNC6(CC6)C5)c4CC3OC(=O)C(N)=O)c(C)cc2n1. The van der Waals surface area contributed by atoms with Crippen LogP contribution in [0.15, 0.2) is 30.7 Å². The van der Waals surface area contributed by atoms with Gasteiger partial charge >= 0.3 is 11.9 Å². The quantitative estimate of drug-likeness (QED) is 0.443. The number of fused-ring (bicyclic) bond motifs is 2. The first-order valence-electron chi connectivity index (χ1n) is 11.6. The number of hydrogen-bond acceptors (Lipinski definition) is 8. The van der Waals surface area contributed by atoms with E-state index in [0.29, 0.717) is 6.42 Å². The highest BCUT2D eigenvalue weighted by atomic mass is 16.6. The van der Waals surface area contributed by atoms with Crippen molar-refractivity contribution in [2.24, 2.45) is 5.73 Å². The van der Waals surface area contributed by atoms with Crippen LogP contribution in [-0.4, -0.2) is 57.6 Å². The predicted molar refractivity (Wildman–Crippen MR) is 126 cm³/mol. The smallest absolute Gasteiger partial charge is 0.398 e. The second kappa shape index (κ2) is 7.42. The number of rotatable bonds is 3. The van der Waals surface area contributed by atoms with Crippen molar-refractivity contribution in [2.75, 3.05) is 29.4 Å². The number of piperazine rings is 1. The molecule has 10 nitrogen and oxygen atoms in total. The molecule has 34 heavy (non-hydrogen) atoms. The van der Waals surface area contributed by atoms with Crippen molar-refractivity contribution in [3.05, 3.63) is 47.5 Å². The second-order valence-corrected chi connectivity index (χ2v) is 9.55. The Kier molecular flexibility index (Phi) is 4.57. The van der Waals surface area contributed by atoms with Crippen molar-refractivity contribution in [3.63, 3.8) is 0 Å². The van der Waals surface area contributed by atoms with Crippen molar-refractivity contribution >= 4 is 34.7 Å². The average molecular weight is 462 g/mol. The Hall–Kier alpha value is -3.66. The molecule has 1 atom stereocenters. The first kappa shape index (κ1) is 20.9. The molecule has 1 spiro atoms. The summed E-state index contributed by atoms with van der Waals surface area (Å²) in [6.45, 7) is 6.69. The fourth-order valence-electron chi connectivity index (χ4n) is 5.26. The van der Waals surface area contributed by atoms with Gasteiger partial charge in [-0.3, -0.25) is 9.69 Å². The van der Waals surface area contributed by atoms with E-state index in [1.54, 1.807) is 6.20 Å². The summed E-state index contributed by atoms with van der Waals surface area (Å²) >= 11 is 0. The molecule has 3 aliphatic rings. The molecule has 1 aliphatic carbocycles. The summed E-state index contributed by atoms with van der Waals surface area (Å²) in [4.78, 5) is 37.3. The van der Waals surface area contributed by atoms with Crippen LogP contribution in [0.1, 0.15) is 29.7 Å². The van der Waals surface area contributed by atoms with E-state index in [4.69, 9.17) is 15.5 Å². The standard InChI is InChI=1S/C24H27N7O3/c1-14-9-19-28-15(2)11-30(19)12-18(14)31-20(34-23(33)21(25)32)10-16-17(3-6-26-22(16)31)29-8-7-27-24(13-29)4-5-24/h3,6,9,11-12,20,27H,4-5,7-8,10,13H2,1-2H3,(H2,25,32). The molecule has 1 unspecified atom stereocenters. The molecule has 176 valence electrons. The van der Waals surface area contributed by atoms with E-state index in [0.717, 1.165) is 59.3 Å². The van der Waals surface area contributed by atoms with Gasteiger partial charge in [0.15, 0.2) is 6.23 Å². The van der Waals surface area contributed by atoms with Gasteiger partial charge in [-0.1, -0.05) is 0 Å². The molecule has 6 rings (SSSR count). The van der Waals surface area contributed by atoms with Gasteiger partial charge in [0.05, 0.1) is 11.4 Å². The number of aromatic nitrogens is 3. The minimum atomic E-state index is -1.11. The highest BCUT2D eigenvalue weighted by molar-refractivity contribution is 6.31. The van der Waals surface area contributed by atoms with Gasteiger partial charge in [0.2, 0.25) is 0 Å². The van der Waals surface area contributed by atoms with Gasteiger partial charge in [0.25, 0.3) is 0 Å². The number of esters is 1. The minimum absolute atomic E-state index is 0.214. The molecule has 1 amide bonds. The maximum atomic E-state index is 12.2. The molecular weight excluding hydrogens is 434 g/mol. The van der Waals surface area contributed by atoms with E-state index in [-0.39, 0.29) is 5.54 Å². The van der Waals surface area contributed by atoms with E-state index in [1.165, 1.54) is 12.8 Å². The number of anilines is 3. The van der Waals surface area contributed by atoms with Gasteiger partial charge in [-0.15, -0.1) is 0 Å². The lowest BCUT2D eigenvalue weighted by Gasteiger charge is -2.36. The summed E-state index contributed by atoms with van der Waals surface area (Å²) in [7, 11) is 0. The molecule has 10 heteroatoms. The Labute approximate surface area is 196 Å². The van der Waals surface area contributed by atoms with E-state index in [2.05, 4.69) is 15.2 Å². The molecule has 0 aromatic carbocycles. The lowest BCUT2D eigenvalue weighted by molar-refractivity contribution is -0.157. The summed E-state index contributed by atoms with van der Waals surface area (Å²) in [6, 6.07) is 4.02. The molecule has 0 radical (unpaired) electrons. The summed E-state index contributed by atoms with van der Waals surface area (Å²) in [5, 5.41) is 3.65. The fourth-order valence-corrected chi connectivity index (χ4v) is 5.26. The Balaban J connectivity index is 1.45. The fraction of sp³-hybridized carbons (Fsp3) is 0.417. The van der Waals surface area contributed by atoms with Crippen LogP contribution < -0.4 is 20.9 Å². The van der Waals surface area contributed by atoms with Crippen LogP contribution in [0.2, 0.25) is 0 Å². The third-order valence-corrected chi connectivity index (χ3v) is 7.07. The van der Waals surface area contributed by atoms with Gasteiger partial charge in [-0.25, -0.2) is 14.8 Å². The lowest BCUT2D eigenvalue weighted by Crippen LogP contribution is -2.52.